The van der Waals surface area contributed by atoms with E-state index in [4.69, 9.17) is 9.47 Å². The Hall–Kier alpha value is -1.51. The molecular weight excluding hydrogens is 468 g/mol. The first-order chi connectivity index (χ1) is 18.1. The van der Waals surface area contributed by atoms with Crippen molar-refractivity contribution in [2.24, 2.45) is 52.3 Å². The van der Waals surface area contributed by atoms with Crippen LogP contribution < -0.4 is 4.74 Å². The summed E-state index contributed by atoms with van der Waals surface area (Å²) in [5.41, 5.74) is 0.756. The van der Waals surface area contributed by atoms with Gasteiger partial charge in [-0.05, 0) is 116 Å². The SMILES string of the molecule is CC(=O)O[C@@H]1C[C@@]2(C)[C@@H](CC[C@@H]3[C@@H]2CC[C@]2(C)[C@@H]([C@H](C)CCCC(C)C)CC[C@@H]32)C[C@@H]1Oc1ccccc1. The fourth-order valence-corrected chi connectivity index (χ4v) is 10.4. The molecule has 0 N–H and O–H groups in total. The van der Waals surface area contributed by atoms with Crippen LogP contribution in [0.1, 0.15) is 112 Å². The lowest BCUT2D eigenvalue weighted by Gasteiger charge is -2.62. The molecular formula is C35H54O3. The zero-order chi connectivity index (χ0) is 27.1. The van der Waals surface area contributed by atoms with Crippen molar-refractivity contribution >= 4 is 5.97 Å². The molecule has 0 unspecified atom stereocenters. The van der Waals surface area contributed by atoms with Crippen LogP contribution in [0.25, 0.3) is 0 Å². The summed E-state index contributed by atoms with van der Waals surface area (Å²) in [5.74, 6) is 6.41. The standard InChI is InChI=1S/C35H54O3/c1-23(2)11-10-12-24(3)29-17-18-30-28-16-15-26-21-32(38-27-13-8-7-9-14-27)33(37-25(4)36)22-35(26,6)31(28)19-20-34(29,30)5/h7-9,13-14,23-24,26,28-33H,10-12,15-22H2,1-6H3/t24-,26+,28+,29-,30+,31+,32+,33-,34-,35+/m1/s1. The number of rotatable bonds is 8. The summed E-state index contributed by atoms with van der Waals surface area (Å²) in [7, 11) is 0. The van der Waals surface area contributed by atoms with E-state index in [1.54, 1.807) is 6.92 Å². The number of hydrogen-bond acceptors (Lipinski definition) is 3. The largest absolute Gasteiger partial charge is 0.487 e. The third-order valence-electron chi connectivity index (χ3n) is 12.2. The van der Waals surface area contributed by atoms with Gasteiger partial charge in [-0.2, -0.15) is 0 Å². The molecule has 4 aliphatic rings. The predicted molar refractivity (Wildman–Crippen MR) is 155 cm³/mol. The lowest BCUT2D eigenvalue weighted by Crippen LogP contribution is -2.58. The first kappa shape index (κ1) is 28.0. The molecule has 0 amide bonds. The number of fused-ring (bicyclic) bond motifs is 5. The molecule has 0 saturated heterocycles. The van der Waals surface area contributed by atoms with Crippen molar-refractivity contribution < 1.29 is 14.3 Å². The maximum Gasteiger partial charge on any atom is 0.303 e. The number of carbonyl (C=O) groups excluding carboxylic acids is 1. The molecule has 0 heterocycles. The van der Waals surface area contributed by atoms with Crippen molar-refractivity contribution in [2.45, 2.75) is 124 Å². The number of ether oxygens (including phenoxy) is 2. The first-order valence-corrected chi connectivity index (χ1v) is 16.0. The van der Waals surface area contributed by atoms with E-state index >= 15 is 0 Å². The van der Waals surface area contributed by atoms with Gasteiger partial charge in [0.05, 0.1) is 0 Å². The van der Waals surface area contributed by atoms with Gasteiger partial charge < -0.3 is 9.47 Å². The van der Waals surface area contributed by atoms with Crippen LogP contribution in [-0.2, 0) is 9.53 Å². The Morgan fingerprint density at radius 3 is 2.37 bits per heavy atom. The van der Waals surface area contributed by atoms with E-state index in [2.05, 4.69) is 34.6 Å². The highest BCUT2D eigenvalue weighted by Crippen LogP contribution is 2.68. The summed E-state index contributed by atoms with van der Waals surface area (Å²) >= 11 is 0. The lowest BCUT2D eigenvalue weighted by molar-refractivity contribution is -0.179. The number of benzene rings is 1. The van der Waals surface area contributed by atoms with Crippen molar-refractivity contribution in [1.29, 1.82) is 0 Å². The Morgan fingerprint density at radius 2 is 1.66 bits per heavy atom. The van der Waals surface area contributed by atoms with Gasteiger partial charge in [-0.1, -0.05) is 72.1 Å². The third kappa shape index (κ3) is 5.29. The molecule has 212 valence electrons. The van der Waals surface area contributed by atoms with Crippen molar-refractivity contribution in [1.82, 2.24) is 0 Å². The molecule has 3 heteroatoms. The maximum atomic E-state index is 12.2. The second kappa shape index (κ2) is 11.2. The van der Waals surface area contributed by atoms with Gasteiger partial charge in [-0.15, -0.1) is 0 Å². The smallest absolute Gasteiger partial charge is 0.303 e. The molecule has 0 aliphatic heterocycles. The quantitative estimate of drug-likeness (QED) is 0.319. The van der Waals surface area contributed by atoms with Crippen LogP contribution in [0.3, 0.4) is 0 Å². The van der Waals surface area contributed by atoms with Crippen LogP contribution in [0.2, 0.25) is 0 Å². The van der Waals surface area contributed by atoms with Gasteiger partial charge in [-0.25, -0.2) is 0 Å². The monoisotopic (exact) mass is 522 g/mol. The number of hydrogen-bond donors (Lipinski definition) is 0. The Bertz CT molecular complexity index is 942. The van der Waals surface area contributed by atoms with Gasteiger partial charge >= 0.3 is 5.97 Å². The summed E-state index contributed by atoms with van der Waals surface area (Å²) in [6.45, 7) is 14.1. The van der Waals surface area contributed by atoms with E-state index in [1.165, 1.54) is 57.8 Å². The third-order valence-corrected chi connectivity index (χ3v) is 12.2. The van der Waals surface area contributed by atoms with Crippen LogP contribution in [0.4, 0.5) is 0 Å². The summed E-state index contributed by atoms with van der Waals surface area (Å²) in [6.07, 6.45) is 14.2. The topological polar surface area (TPSA) is 35.5 Å². The van der Waals surface area contributed by atoms with Crippen molar-refractivity contribution in [3.8, 4) is 5.75 Å². The Morgan fingerprint density at radius 1 is 0.921 bits per heavy atom. The van der Waals surface area contributed by atoms with Gasteiger partial charge in [0.25, 0.3) is 0 Å². The average molecular weight is 523 g/mol. The Balaban J connectivity index is 1.31. The van der Waals surface area contributed by atoms with E-state index in [9.17, 15) is 4.79 Å². The van der Waals surface area contributed by atoms with Crippen LogP contribution in [-0.4, -0.2) is 18.2 Å². The maximum absolute atomic E-state index is 12.2. The number of carbonyl (C=O) groups is 1. The van der Waals surface area contributed by atoms with E-state index in [0.717, 1.165) is 54.1 Å². The molecule has 10 atom stereocenters. The van der Waals surface area contributed by atoms with E-state index in [0.29, 0.717) is 11.3 Å². The molecule has 4 fully saturated rings. The summed E-state index contributed by atoms with van der Waals surface area (Å²) in [4.78, 5) is 12.2. The molecule has 3 nitrogen and oxygen atoms in total. The minimum atomic E-state index is -0.174. The van der Waals surface area contributed by atoms with E-state index in [1.807, 2.05) is 30.3 Å². The summed E-state index contributed by atoms with van der Waals surface area (Å²) in [6, 6.07) is 10.1. The minimum absolute atomic E-state index is 0.0488. The van der Waals surface area contributed by atoms with Crippen LogP contribution >= 0.6 is 0 Å². The summed E-state index contributed by atoms with van der Waals surface area (Å²) in [5, 5.41) is 0. The molecule has 38 heavy (non-hydrogen) atoms. The normalized spacial score (nSPS) is 41.1. The summed E-state index contributed by atoms with van der Waals surface area (Å²) < 4.78 is 12.5. The fourth-order valence-electron chi connectivity index (χ4n) is 10.4. The van der Waals surface area contributed by atoms with Crippen molar-refractivity contribution in [3.05, 3.63) is 30.3 Å². The lowest BCUT2D eigenvalue weighted by atomic mass is 9.44. The molecule has 1 aromatic carbocycles. The van der Waals surface area contributed by atoms with E-state index in [-0.39, 0.29) is 23.6 Å². The second-order valence-electron chi connectivity index (χ2n) is 14.7. The molecule has 0 bridgehead atoms. The van der Waals surface area contributed by atoms with Gasteiger partial charge in [0.15, 0.2) is 0 Å². The van der Waals surface area contributed by atoms with Crippen LogP contribution in [0.15, 0.2) is 30.3 Å². The average Bonchev–Trinajstić information content (AvgIpc) is 3.22. The number of para-hydroxylation sites is 1. The number of esters is 1. The first-order valence-electron chi connectivity index (χ1n) is 16.0. The minimum Gasteiger partial charge on any atom is -0.487 e. The van der Waals surface area contributed by atoms with Crippen LogP contribution in [0.5, 0.6) is 5.75 Å². The molecule has 1 aromatic rings. The predicted octanol–water partition coefficient (Wildman–Crippen LogP) is 9.10. The molecule has 0 spiro atoms. The van der Waals surface area contributed by atoms with Gasteiger partial charge in [-0.3, -0.25) is 4.79 Å². The highest BCUT2D eigenvalue weighted by molar-refractivity contribution is 5.66. The van der Waals surface area contributed by atoms with Gasteiger partial charge in [0.1, 0.15) is 18.0 Å². The molecule has 4 aliphatic carbocycles. The second-order valence-corrected chi connectivity index (χ2v) is 14.7. The molecule has 4 saturated carbocycles. The highest BCUT2D eigenvalue weighted by Gasteiger charge is 2.62. The zero-order valence-corrected chi connectivity index (χ0v) is 25.1. The molecule has 0 radical (unpaired) electrons. The Kier molecular flexibility index (Phi) is 8.24. The Labute approximate surface area is 232 Å². The van der Waals surface area contributed by atoms with E-state index < -0.39 is 0 Å². The molecule has 0 aromatic heterocycles. The highest BCUT2D eigenvalue weighted by atomic mass is 16.6. The molecule has 5 rings (SSSR count). The van der Waals surface area contributed by atoms with Gasteiger partial charge in [0, 0.05) is 6.92 Å². The van der Waals surface area contributed by atoms with Crippen molar-refractivity contribution in [2.75, 3.05) is 0 Å². The fraction of sp³-hybridized carbons (Fsp3) is 0.800. The van der Waals surface area contributed by atoms with Gasteiger partial charge in [0.2, 0.25) is 0 Å². The zero-order valence-electron chi connectivity index (χ0n) is 25.1. The van der Waals surface area contributed by atoms with Crippen molar-refractivity contribution in [3.63, 3.8) is 0 Å². The van der Waals surface area contributed by atoms with Crippen LogP contribution in [0, 0.1) is 52.3 Å².